The number of nitrogens with zero attached hydrogens (tertiary/aromatic N) is 4. The van der Waals surface area contributed by atoms with Crippen molar-refractivity contribution in [3.8, 4) is 0 Å². The van der Waals surface area contributed by atoms with E-state index in [4.69, 9.17) is 23.2 Å². The number of halogens is 8. The van der Waals surface area contributed by atoms with Gasteiger partial charge in [-0.05, 0) is 20.3 Å². The summed E-state index contributed by atoms with van der Waals surface area (Å²) < 4.78 is 78.8. The molecular formula is C16H17Cl2F6N5O. The molecule has 0 spiro atoms. The zero-order chi connectivity index (χ0) is 22.9. The van der Waals surface area contributed by atoms with Crippen LogP contribution in [0.25, 0.3) is 0 Å². The number of hydrogen-bond donors (Lipinski definition) is 1. The molecule has 2 rings (SSSR count). The number of rotatable bonds is 7. The number of amides is 1. The second kappa shape index (κ2) is 9.04. The Kier molecular flexibility index (Phi) is 7.33. The topological polar surface area (TPSA) is 64.7 Å². The lowest BCUT2D eigenvalue weighted by molar-refractivity contribution is -0.142. The molecule has 0 bridgehead atoms. The molecular weight excluding hydrogens is 463 g/mol. The molecule has 0 unspecified atom stereocenters. The van der Waals surface area contributed by atoms with Gasteiger partial charge in [-0.25, -0.2) is 0 Å². The zero-order valence-electron chi connectivity index (χ0n) is 15.8. The van der Waals surface area contributed by atoms with Crippen molar-refractivity contribution in [2.75, 3.05) is 6.54 Å². The van der Waals surface area contributed by atoms with E-state index in [1.807, 2.05) is 0 Å². The Bertz CT molecular complexity index is 919. The van der Waals surface area contributed by atoms with Crippen molar-refractivity contribution in [1.29, 1.82) is 0 Å². The SMILES string of the molecule is Cc1c(Cl)c(C(F)(F)F)nn1CCCNC(=O)CCn1nc(C(F)(F)F)c(Cl)c1C. The van der Waals surface area contributed by atoms with E-state index >= 15 is 0 Å². The molecule has 1 N–H and O–H groups in total. The largest absolute Gasteiger partial charge is 0.436 e. The van der Waals surface area contributed by atoms with Crippen molar-refractivity contribution >= 4 is 29.1 Å². The van der Waals surface area contributed by atoms with E-state index in [0.717, 1.165) is 9.36 Å². The first-order valence-electron chi connectivity index (χ1n) is 8.60. The van der Waals surface area contributed by atoms with Crippen molar-refractivity contribution in [2.45, 2.75) is 52.1 Å². The lowest BCUT2D eigenvalue weighted by atomic mass is 10.3. The standard InChI is InChI=1S/C16H17Cl2F6N5O/c1-8-11(17)13(15(19,20)21)26-28(8)6-3-5-25-10(30)4-7-29-9(2)12(18)14(27-29)16(22,23)24/h3-7H2,1-2H3,(H,25,30). The highest BCUT2D eigenvalue weighted by atomic mass is 35.5. The summed E-state index contributed by atoms with van der Waals surface area (Å²) in [4.78, 5) is 11.9. The highest BCUT2D eigenvalue weighted by molar-refractivity contribution is 6.32. The fraction of sp³-hybridized carbons (Fsp3) is 0.562. The molecule has 0 aromatic carbocycles. The second-order valence-electron chi connectivity index (χ2n) is 6.39. The fourth-order valence-corrected chi connectivity index (χ4v) is 3.08. The van der Waals surface area contributed by atoms with Crippen LogP contribution in [-0.4, -0.2) is 32.0 Å². The van der Waals surface area contributed by atoms with Crippen molar-refractivity contribution in [3.05, 3.63) is 32.8 Å². The maximum atomic E-state index is 12.8. The minimum atomic E-state index is -4.70. The molecule has 2 heterocycles. The lowest BCUT2D eigenvalue weighted by Crippen LogP contribution is -2.26. The van der Waals surface area contributed by atoms with Crippen LogP contribution in [0.1, 0.15) is 35.6 Å². The van der Waals surface area contributed by atoms with E-state index in [1.54, 1.807) is 0 Å². The molecule has 0 fully saturated rings. The number of carbonyl (C=O) groups is 1. The quantitative estimate of drug-likeness (QED) is 0.464. The molecule has 0 saturated heterocycles. The van der Waals surface area contributed by atoms with Crippen LogP contribution in [0.2, 0.25) is 10.0 Å². The molecule has 0 atom stereocenters. The predicted molar refractivity (Wildman–Crippen MR) is 96.2 cm³/mol. The summed E-state index contributed by atoms with van der Waals surface area (Å²) in [6.45, 7) is 2.86. The molecule has 0 radical (unpaired) electrons. The van der Waals surface area contributed by atoms with Gasteiger partial charge in [0.2, 0.25) is 5.91 Å². The summed E-state index contributed by atoms with van der Waals surface area (Å²) in [5.74, 6) is -0.458. The molecule has 168 valence electrons. The Hall–Kier alpha value is -1.95. The first-order chi connectivity index (χ1) is 13.7. The minimum absolute atomic E-state index is 0.0864. The van der Waals surface area contributed by atoms with E-state index in [1.165, 1.54) is 13.8 Å². The Balaban J connectivity index is 1.83. The van der Waals surface area contributed by atoms with E-state index in [0.29, 0.717) is 0 Å². The molecule has 0 aliphatic rings. The van der Waals surface area contributed by atoms with Crippen molar-refractivity contribution in [2.24, 2.45) is 0 Å². The number of alkyl halides is 6. The molecule has 1 amide bonds. The van der Waals surface area contributed by atoms with Gasteiger partial charge < -0.3 is 5.32 Å². The third-order valence-electron chi connectivity index (χ3n) is 4.22. The molecule has 0 aliphatic carbocycles. The number of carbonyl (C=O) groups excluding carboxylic acids is 1. The summed E-state index contributed by atoms with van der Waals surface area (Å²) in [6, 6.07) is 0. The van der Waals surface area contributed by atoms with E-state index in [2.05, 4.69) is 15.5 Å². The number of hydrogen-bond acceptors (Lipinski definition) is 3. The highest BCUT2D eigenvalue weighted by Crippen LogP contribution is 2.36. The summed E-state index contributed by atoms with van der Waals surface area (Å²) in [5.41, 5.74) is -2.14. The molecule has 0 aliphatic heterocycles. The van der Waals surface area contributed by atoms with Crippen LogP contribution in [0, 0.1) is 13.8 Å². The van der Waals surface area contributed by atoms with Gasteiger partial charge in [0.05, 0.1) is 28.0 Å². The first-order valence-corrected chi connectivity index (χ1v) is 9.36. The monoisotopic (exact) mass is 479 g/mol. The fourth-order valence-electron chi connectivity index (χ4n) is 2.60. The first kappa shape index (κ1) is 24.3. The Morgan fingerprint density at radius 1 is 0.900 bits per heavy atom. The maximum Gasteiger partial charge on any atom is 0.436 e. The molecule has 6 nitrogen and oxygen atoms in total. The van der Waals surface area contributed by atoms with Crippen LogP contribution in [-0.2, 0) is 30.2 Å². The third-order valence-corrected chi connectivity index (χ3v) is 5.13. The average Bonchev–Trinajstić information content (AvgIpc) is 3.07. The number of nitrogens with one attached hydrogen (secondary N) is 1. The predicted octanol–water partition coefficient (Wildman–Crippen LogP) is 4.64. The molecule has 0 saturated carbocycles. The Labute approximate surface area is 177 Å². The number of aromatic nitrogens is 4. The smallest absolute Gasteiger partial charge is 0.356 e. The average molecular weight is 480 g/mol. The zero-order valence-corrected chi connectivity index (χ0v) is 17.3. The van der Waals surface area contributed by atoms with Crippen molar-refractivity contribution < 1.29 is 31.1 Å². The van der Waals surface area contributed by atoms with Crippen LogP contribution in [0.4, 0.5) is 26.3 Å². The molecule has 14 heteroatoms. The number of aryl methyl sites for hydroxylation is 2. The van der Waals surface area contributed by atoms with Gasteiger partial charge >= 0.3 is 12.4 Å². The minimum Gasteiger partial charge on any atom is -0.356 e. The van der Waals surface area contributed by atoms with Crippen LogP contribution >= 0.6 is 23.2 Å². The summed E-state index contributed by atoms with van der Waals surface area (Å²) in [6.07, 6.45) is -9.25. The van der Waals surface area contributed by atoms with Crippen LogP contribution in [0.5, 0.6) is 0 Å². The lowest BCUT2D eigenvalue weighted by Gasteiger charge is -2.08. The molecule has 2 aromatic rings. The van der Waals surface area contributed by atoms with Gasteiger partial charge in [-0.1, -0.05) is 23.2 Å². The summed E-state index contributed by atoms with van der Waals surface area (Å²) >= 11 is 11.3. The Morgan fingerprint density at radius 3 is 1.73 bits per heavy atom. The Morgan fingerprint density at radius 2 is 1.33 bits per heavy atom. The van der Waals surface area contributed by atoms with Gasteiger partial charge in [0.1, 0.15) is 0 Å². The second-order valence-corrected chi connectivity index (χ2v) is 7.15. The van der Waals surface area contributed by atoms with Crippen LogP contribution < -0.4 is 5.32 Å². The summed E-state index contributed by atoms with van der Waals surface area (Å²) in [5, 5.41) is 8.38. The van der Waals surface area contributed by atoms with Crippen LogP contribution in [0.15, 0.2) is 0 Å². The van der Waals surface area contributed by atoms with Gasteiger partial charge in [0, 0.05) is 19.5 Å². The van der Waals surface area contributed by atoms with Gasteiger partial charge in [-0.15, -0.1) is 0 Å². The van der Waals surface area contributed by atoms with Crippen molar-refractivity contribution in [3.63, 3.8) is 0 Å². The third kappa shape index (κ3) is 5.60. The van der Waals surface area contributed by atoms with Crippen LogP contribution in [0.3, 0.4) is 0 Å². The van der Waals surface area contributed by atoms with E-state index < -0.39 is 39.7 Å². The summed E-state index contributed by atoms with van der Waals surface area (Å²) in [7, 11) is 0. The highest BCUT2D eigenvalue weighted by Gasteiger charge is 2.39. The van der Waals surface area contributed by atoms with Gasteiger partial charge in [-0.3, -0.25) is 14.2 Å². The maximum absolute atomic E-state index is 12.8. The molecule has 30 heavy (non-hydrogen) atoms. The van der Waals surface area contributed by atoms with E-state index in [9.17, 15) is 31.1 Å². The normalized spacial score (nSPS) is 12.5. The van der Waals surface area contributed by atoms with E-state index in [-0.39, 0.29) is 43.9 Å². The van der Waals surface area contributed by atoms with Gasteiger partial charge in [-0.2, -0.15) is 36.5 Å². The van der Waals surface area contributed by atoms with Gasteiger partial charge in [0.15, 0.2) is 11.4 Å². The molecule has 2 aromatic heterocycles. The van der Waals surface area contributed by atoms with Crippen molar-refractivity contribution in [1.82, 2.24) is 24.9 Å². The van der Waals surface area contributed by atoms with Gasteiger partial charge in [0.25, 0.3) is 0 Å².